The molecule has 0 radical (unpaired) electrons. The fourth-order valence-electron chi connectivity index (χ4n) is 5.87. The summed E-state index contributed by atoms with van der Waals surface area (Å²) in [4.78, 5) is 45.8. The number of hydrogen-bond donors (Lipinski definition) is 3. The average Bonchev–Trinajstić information content (AvgIpc) is 3.12. The highest BCUT2D eigenvalue weighted by Gasteiger charge is 2.28. The van der Waals surface area contributed by atoms with Crippen LogP contribution >= 0.6 is 7.82 Å². The van der Waals surface area contributed by atoms with Crippen molar-refractivity contribution in [3.63, 3.8) is 0 Å². The zero-order chi connectivity index (χ0) is 38.5. The minimum absolute atomic E-state index is 0.164. The third kappa shape index (κ3) is 35.3. The Labute approximate surface area is 316 Å². The molecule has 0 aromatic heterocycles. The van der Waals surface area contributed by atoms with Gasteiger partial charge in [-0.2, -0.15) is 0 Å². The van der Waals surface area contributed by atoms with Gasteiger partial charge in [0.2, 0.25) is 0 Å². The fraction of sp³-hybridized carbons (Fsp3) is 0.875. The lowest BCUT2D eigenvalue weighted by Crippen LogP contribution is -2.34. The molecule has 0 aliphatic carbocycles. The van der Waals surface area contributed by atoms with Crippen LogP contribution in [0.4, 0.5) is 0 Å². The van der Waals surface area contributed by atoms with Crippen LogP contribution in [0.25, 0.3) is 0 Å². The molecule has 3 atom stereocenters. The summed E-state index contributed by atoms with van der Waals surface area (Å²) in [5.74, 6) is -2.37. The molecule has 0 rings (SSSR count). The van der Waals surface area contributed by atoms with Crippen LogP contribution < -0.4 is 5.73 Å². The summed E-state index contributed by atoms with van der Waals surface area (Å²) in [5.41, 5.74) is 5.32. The molecule has 0 aliphatic heterocycles. The molecule has 12 heteroatoms. The second-order valence-corrected chi connectivity index (χ2v) is 15.7. The predicted octanol–water partition coefficient (Wildman–Crippen LogP) is 10.5. The van der Waals surface area contributed by atoms with Gasteiger partial charge in [-0.15, -0.1) is 6.58 Å². The van der Waals surface area contributed by atoms with E-state index in [0.717, 1.165) is 44.9 Å². The number of aliphatic carboxylic acids is 1. The molecule has 0 amide bonds. The van der Waals surface area contributed by atoms with E-state index in [0.29, 0.717) is 12.8 Å². The van der Waals surface area contributed by atoms with Crippen molar-refractivity contribution in [2.45, 2.75) is 205 Å². The summed E-state index contributed by atoms with van der Waals surface area (Å²) in [7, 11) is -4.71. The number of unbranched alkanes of at least 4 members (excludes halogenated alkanes) is 25. The average molecular weight is 762 g/mol. The zero-order valence-electron chi connectivity index (χ0n) is 32.8. The van der Waals surface area contributed by atoms with Gasteiger partial charge >= 0.3 is 25.7 Å². The Morgan fingerprint density at radius 3 is 1.42 bits per heavy atom. The summed E-state index contributed by atoms with van der Waals surface area (Å²) < 4.78 is 32.6. The van der Waals surface area contributed by atoms with E-state index in [9.17, 15) is 23.8 Å². The Hall–Kier alpha value is -1.78. The molecule has 0 heterocycles. The SMILES string of the molecule is C=CCCCCCCCCCCCCCCCC(=O)O[C@H](COC(=O)CCCCCCCCCCCCCCC)COP(=O)(O)OC[C@H](N)C(=O)O. The van der Waals surface area contributed by atoms with Gasteiger partial charge in [0.05, 0.1) is 13.2 Å². The number of phosphoric acid groups is 1. The van der Waals surface area contributed by atoms with Gasteiger partial charge < -0.3 is 25.2 Å². The molecule has 0 spiro atoms. The smallest absolute Gasteiger partial charge is 0.472 e. The number of phosphoric ester groups is 1. The van der Waals surface area contributed by atoms with E-state index in [4.69, 9.17) is 24.8 Å². The van der Waals surface area contributed by atoms with E-state index in [1.165, 1.54) is 116 Å². The first kappa shape index (κ1) is 50.2. The molecular formula is C40H76NO10P. The molecule has 0 saturated carbocycles. The summed E-state index contributed by atoms with van der Waals surface area (Å²) in [5, 5.41) is 8.87. The van der Waals surface area contributed by atoms with E-state index in [2.05, 4.69) is 18.0 Å². The van der Waals surface area contributed by atoms with Crippen LogP contribution in [0, 0.1) is 0 Å². The van der Waals surface area contributed by atoms with Gasteiger partial charge in [-0.1, -0.05) is 161 Å². The van der Waals surface area contributed by atoms with Crippen molar-refractivity contribution in [3.05, 3.63) is 12.7 Å². The lowest BCUT2D eigenvalue weighted by molar-refractivity contribution is -0.161. The maximum atomic E-state index is 12.6. The van der Waals surface area contributed by atoms with Crippen LogP contribution in [-0.2, 0) is 37.5 Å². The van der Waals surface area contributed by atoms with Crippen molar-refractivity contribution >= 4 is 25.7 Å². The van der Waals surface area contributed by atoms with Crippen LogP contribution in [0.1, 0.15) is 193 Å². The molecule has 0 aromatic rings. The van der Waals surface area contributed by atoms with Crippen LogP contribution in [0.15, 0.2) is 12.7 Å². The second-order valence-electron chi connectivity index (χ2n) is 14.2. The van der Waals surface area contributed by atoms with E-state index >= 15 is 0 Å². The second kappa shape index (κ2) is 36.2. The number of ether oxygens (including phenoxy) is 2. The van der Waals surface area contributed by atoms with Gasteiger partial charge in [-0.05, 0) is 25.7 Å². The minimum Gasteiger partial charge on any atom is -0.480 e. The normalized spacial score (nSPS) is 13.7. The third-order valence-electron chi connectivity index (χ3n) is 9.16. The molecule has 11 nitrogen and oxygen atoms in total. The van der Waals surface area contributed by atoms with Gasteiger partial charge in [-0.3, -0.25) is 23.4 Å². The quantitative estimate of drug-likeness (QED) is 0.0235. The van der Waals surface area contributed by atoms with Crippen LogP contribution in [-0.4, -0.2) is 59.9 Å². The van der Waals surface area contributed by atoms with Crippen molar-refractivity contribution in [2.24, 2.45) is 5.73 Å². The van der Waals surface area contributed by atoms with Gasteiger partial charge in [0, 0.05) is 12.8 Å². The van der Waals surface area contributed by atoms with Crippen molar-refractivity contribution in [1.82, 2.24) is 0 Å². The van der Waals surface area contributed by atoms with E-state index in [1.807, 2.05) is 6.08 Å². The molecule has 1 unspecified atom stereocenters. The number of carboxylic acid groups (broad SMARTS) is 1. The third-order valence-corrected chi connectivity index (χ3v) is 10.1. The first-order chi connectivity index (χ1) is 25.1. The number of rotatable bonds is 40. The Bertz CT molecular complexity index is 934. The van der Waals surface area contributed by atoms with E-state index in [1.54, 1.807) is 0 Å². The highest BCUT2D eigenvalue weighted by molar-refractivity contribution is 7.47. The van der Waals surface area contributed by atoms with Crippen molar-refractivity contribution in [3.8, 4) is 0 Å². The zero-order valence-corrected chi connectivity index (χ0v) is 33.6. The molecule has 0 fully saturated rings. The van der Waals surface area contributed by atoms with Gasteiger partial charge in [0.25, 0.3) is 0 Å². The maximum Gasteiger partial charge on any atom is 0.472 e. The first-order valence-electron chi connectivity index (χ1n) is 20.7. The Kier molecular flexibility index (Phi) is 35.0. The molecule has 4 N–H and O–H groups in total. The number of carboxylic acids is 1. The number of carbonyl (C=O) groups excluding carboxylic acids is 2. The Morgan fingerprint density at radius 1 is 0.615 bits per heavy atom. The van der Waals surface area contributed by atoms with Crippen LogP contribution in [0.3, 0.4) is 0 Å². The number of nitrogens with two attached hydrogens (primary N) is 1. The molecule has 52 heavy (non-hydrogen) atoms. The molecule has 0 bridgehead atoms. The largest absolute Gasteiger partial charge is 0.480 e. The maximum absolute atomic E-state index is 12.6. The van der Waals surface area contributed by atoms with Crippen molar-refractivity contribution in [2.75, 3.05) is 19.8 Å². The molecule has 0 aliphatic rings. The molecular weight excluding hydrogens is 685 g/mol. The summed E-state index contributed by atoms with van der Waals surface area (Å²) in [6.07, 6.45) is 33.1. The summed E-state index contributed by atoms with van der Waals surface area (Å²) in [6, 6.07) is -1.52. The Morgan fingerprint density at radius 2 is 1.00 bits per heavy atom. The first-order valence-corrected chi connectivity index (χ1v) is 22.2. The molecule has 0 aromatic carbocycles. The Balaban J connectivity index is 4.35. The van der Waals surface area contributed by atoms with Gasteiger partial charge in [0.1, 0.15) is 12.6 Å². The van der Waals surface area contributed by atoms with Crippen LogP contribution in [0.2, 0.25) is 0 Å². The minimum atomic E-state index is -4.71. The lowest BCUT2D eigenvalue weighted by atomic mass is 10.0. The van der Waals surface area contributed by atoms with Crippen LogP contribution in [0.5, 0.6) is 0 Å². The summed E-state index contributed by atoms with van der Waals surface area (Å²) >= 11 is 0. The monoisotopic (exact) mass is 762 g/mol. The van der Waals surface area contributed by atoms with E-state index < -0.39 is 51.1 Å². The van der Waals surface area contributed by atoms with Crippen molar-refractivity contribution < 1.29 is 47.5 Å². The standard InChI is InChI=1S/C40H76NO10P/c1-3-5-7-9-11-13-15-17-18-20-22-24-26-28-30-32-39(43)51-36(34-49-52(46,47)50-35-37(41)40(44)45)33-48-38(42)31-29-27-25-23-21-19-16-14-12-10-8-6-4-2/h3,36-37H,1,4-35,41H2,2H3,(H,44,45)(H,46,47)/t36-,37+/m1/s1. The number of hydrogen-bond acceptors (Lipinski definition) is 9. The predicted molar refractivity (Wildman–Crippen MR) is 208 cm³/mol. The fourth-order valence-corrected chi connectivity index (χ4v) is 6.65. The summed E-state index contributed by atoms with van der Waals surface area (Å²) in [6.45, 7) is 4.33. The topological polar surface area (TPSA) is 172 Å². The lowest BCUT2D eigenvalue weighted by Gasteiger charge is -2.20. The highest BCUT2D eigenvalue weighted by atomic mass is 31.2. The highest BCUT2D eigenvalue weighted by Crippen LogP contribution is 2.43. The van der Waals surface area contributed by atoms with Gasteiger partial charge in [-0.25, -0.2) is 4.57 Å². The molecule has 306 valence electrons. The van der Waals surface area contributed by atoms with E-state index in [-0.39, 0.29) is 19.4 Å². The number of allylic oxidation sites excluding steroid dienone is 1. The number of carbonyl (C=O) groups is 3. The number of esters is 2. The molecule has 0 saturated heterocycles. The van der Waals surface area contributed by atoms with Crippen molar-refractivity contribution in [1.29, 1.82) is 0 Å². The van der Waals surface area contributed by atoms with Gasteiger partial charge in [0.15, 0.2) is 6.10 Å².